The number of benzene rings is 2. The van der Waals surface area contributed by atoms with E-state index in [1.54, 1.807) is 12.1 Å². The molecular weight excluding hydrogens is 386 g/mol. The van der Waals surface area contributed by atoms with Crippen LogP contribution in [0.5, 0.6) is 0 Å². The zero-order valence-electron chi connectivity index (χ0n) is 16.9. The van der Waals surface area contributed by atoms with Gasteiger partial charge >= 0.3 is 0 Å². The number of nitrogens with zero attached hydrogens (tertiary/aromatic N) is 4. The molecule has 3 N–H and O–H groups in total. The van der Waals surface area contributed by atoms with Gasteiger partial charge in [0.05, 0.1) is 12.1 Å². The Hall–Kier alpha value is -2.82. The molecule has 1 aliphatic rings. The lowest BCUT2D eigenvalue weighted by atomic mass is 10.1. The number of rotatable bonds is 6. The van der Waals surface area contributed by atoms with E-state index in [2.05, 4.69) is 39.3 Å². The molecule has 9 heteroatoms. The molecule has 158 valence electrons. The van der Waals surface area contributed by atoms with Crippen molar-refractivity contribution in [2.45, 2.75) is 25.1 Å². The number of likely N-dealkylation sites (tertiary alicyclic amines) is 1. The topological polar surface area (TPSA) is 113 Å². The third-order valence-corrected chi connectivity index (χ3v) is 5.31. The Labute approximate surface area is 174 Å². The van der Waals surface area contributed by atoms with Gasteiger partial charge < -0.3 is 19.7 Å². The van der Waals surface area contributed by atoms with Crippen LogP contribution in [-0.4, -0.2) is 52.1 Å². The van der Waals surface area contributed by atoms with E-state index in [9.17, 15) is 15.5 Å². The molecule has 0 amide bonds. The number of aromatic nitrogens is 2. The molecule has 1 fully saturated rings. The van der Waals surface area contributed by atoms with Crippen molar-refractivity contribution in [3.63, 3.8) is 0 Å². The molecule has 0 saturated carbocycles. The maximum absolute atomic E-state index is 11.2. The predicted octanol–water partition coefficient (Wildman–Crippen LogP) is 1.51. The monoisotopic (exact) mass is 411 g/mol. The third kappa shape index (κ3) is 4.35. The first-order valence-electron chi connectivity index (χ1n) is 9.76. The molecule has 30 heavy (non-hydrogen) atoms. The van der Waals surface area contributed by atoms with Crippen molar-refractivity contribution in [2.75, 3.05) is 25.5 Å². The number of nitrogens with one attached hydrogen (secondary N) is 1. The first kappa shape index (κ1) is 20.5. The Balaban J connectivity index is 1.53. The SMILES string of the molecule is CN(C)c1ccc(CN2CC(O)CC2c2nc(-c3cccc([NH+]([O-])O)c3)no2)cc1. The highest BCUT2D eigenvalue weighted by Crippen LogP contribution is 2.33. The molecule has 9 nitrogen and oxygen atoms in total. The van der Waals surface area contributed by atoms with Gasteiger partial charge in [-0.05, 0) is 24.1 Å². The zero-order chi connectivity index (χ0) is 21.3. The van der Waals surface area contributed by atoms with Gasteiger partial charge in [-0.2, -0.15) is 10.2 Å². The second kappa shape index (κ2) is 8.50. The van der Waals surface area contributed by atoms with Crippen LogP contribution in [-0.2, 0) is 6.54 Å². The van der Waals surface area contributed by atoms with Crippen LogP contribution in [0.1, 0.15) is 23.9 Å². The Bertz CT molecular complexity index is 989. The number of quaternary nitrogens is 1. The van der Waals surface area contributed by atoms with E-state index in [-0.39, 0.29) is 11.7 Å². The van der Waals surface area contributed by atoms with Gasteiger partial charge in [-0.3, -0.25) is 4.90 Å². The van der Waals surface area contributed by atoms with Crippen molar-refractivity contribution in [1.82, 2.24) is 15.0 Å². The van der Waals surface area contributed by atoms with Gasteiger partial charge in [0.15, 0.2) is 5.69 Å². The summed E-state index contributed by atoms with van der Waals surface area (Å²) in [5, 5.41) is 33.7. The fourth-order valence-electron chi connectivity index (χ4n) is 3.72. The molecule has 0 radical (unpaired) electrons. The summed E-state index contributed by atoms with van der Waals surface area (Å²) in [5.41, 5.74) is 3.00. The van der Waals surface area contributed by atoms with Crippen LogP contribution >= 0.6 is 0 Å². The van der Waals surface area contributed by atoms with E-state index < -0.39 is 11.3 Å². The Morgan fingerprint density at radius 1 is 1.23 bits per heavy atom. The van der Waals surface area contributed by atoms with Crippen molar-refractivity contribution < 1.29 is 20.1 Å². The molecule has 0 aliphatic carbocycles. The van der Waals surface area contributed by atoms with Crippen molar-refractivity contribution in [1.29, 1.82) is 0 Å². The molecule has 4 rings (SSSR count). The molecule has 2 heterocycles. The molecule has 3 aromatic rings. The first-order chi connectivity index (χ1) is 14.4. The minimum atomic E-state index is -1.01. The summed E-state index contributed by atoms with van der Waals surface area (Å²) >= 11 is 0. The lowest BCUT2D eigenvalue weighted by Gasteiger charge is -2.21. The number of hydrogen-bond acceptors (Lipinski definition) is 8. The number of anilines is 1. The highest BCUT2D eigenvalue weighted by Gasteiger charge is 2.36. The van der Waals surface area contributed by atoms with Crippen molar-refractivity contribution in [3.05, 3.63) is 65.2 Å². The van der Waals surface area contributed by atoms with Crippen LogP contribution in [0, 0.1) is 5.21 Å². The fraction of sp³-hybridized carbons (Fsp3) is 0.333. The summed E-state index contributed by atoms with van der Waals surface area (Å²) < 4.78 is 5.50. The average molecular weight is 411 g/mol. The Kier molecular flexibility index (Phi) is 5.80. The maximum Gasteiger partial charge on any atom is 0.244 e. The Morgan fingerprint density at radius 2 is 2.00 bits per heavy atom. The molecule has 1 aromatic heterocycles. The standard InChI is InChI=1S/C21H25N5O4/c1-24(2)16-8-6-14(7-9-16)12-25-13-18(27)11-19(25)21-22-20(23-30-21)15-4-3-5-17(10-15)26(28)29/h3-10,18-19,26-28H,11-13H2,1-2H3. The van der Waals surface area contributed by atoms with Crippen LogP contribution in [0.15, 0.2) is 53.1 Å². The summed E-state index contributed by atoms with van der Waals surface area (Å²) in [5.74, 6) is 0.761. The lowest BCUT2D eigenvalue weighted by Crippen LogP contribution is -2.99. The zero-order valence-corrected chi connectivity index (χ0v) is 16.9. The number of hydrogen-bond donors (Lipinski definition) is 3. The minimum Gasteiger partial charge on any atom is -0.595 e. The third-order valence-electron chi connectivity index (χ3n) is 5.31. The molecule has 3 unspecified atom stereocenters. The molecule has 1 aliphatic heterocycles. The van der Waals surface area contributed by atoms with E-state index in [1.807, 2.05) is 19.0 Å². The van der Waals surface area contributed by atoms with Crippen LogP contribution in [0.4, 0.5) is 11.4 Å². The lowest BCUT2D eigenvalue weighted by molar-refractivity contribution is -0.991. The van der Waals surface area contributed by atoms with Crippen molar-refractivity contribution in [2.24, 2.45) is 0 Å². The summed E-state index contributed by atoms with van der Waals surface area (Å²) in [4.78, 5) is 8.67. The smallest absolute Gasteiger partial charge is 0.244 e. The van der Waals surface area contributed by atoms with Crippen LogP contribution in [0.2, 0.25) is 0 Å². The van der Waals surface area contributed by atoms with Crippen LogP contribution in [0.3, 0.4) is 0 Å². The molecule has 0 bridgehead atoms. The largest absolute Gasteiger partial charge is 0.595 e. The molecule has 1 saturated heterocycles. The highest BCUT2D eigenvalue weighted by molar-refractivity contribution is 5.58. The predicted molar refractivity (Wildman–Crippen MR) is 110 cm³/mol. The summed E-state index contributed by atoms with van der Waals surface area (Å²) in [6.07, 6.45) is 0.0359. The quantitative estimate of drug-likeness (QED) is 0.523. The van der Waals surface area contributed by atoms with E-state index in [1.165, 1.54) is 12.1 Å². The highest BCUT2D eigenvalue weighted by atomic mass is 16.8. The first-order valence-corrected chi connectivity index (χ1v) is 9.76. The van der Waals surface area contributed by atoms with Gasteiger partial charge in [0.25, 0.3) is 0 Å². The summed E-state index contributed by atoms with van der Waals surface area (Å²) in [7, 11) is 4.00. The van der Waals surface area contributed by atoms with Crippen molar-refractivity contribution in [3.8, 4) is 11.4 Å². The van der Waals surface area contributed by atoms with E-state index >= 15 is 0 Å². The van der Waals surface area contributed by atoms with Crippen LogP contribution in [0.25, 0.3) is 11.4 Å². The minimum absolute atomic E-state index is 0.165. The second-order valence-electron chi connectivity index (χ2n) is 7.74. The van der Waals surface area contributed by atoms with Crippen molar-refractivity contribution >= 4 is 11.4 Å². The van der Waals surface area contributed by atoms with Gasteiger partial charge in [0.2, 0.25) is 11.7 Å². The molecular formula is C21H25N5O4. The van der Waals surface area contributed by atoms with E-state index in [0.717, 1.165) is 11.3 Å². The number of aliphatic hydroxyl groups excluding tert-OH is 1. The number of aliphatic hydroxyl groups is 1. The molecule has 0 spiro atoms. The van der Waals surface area contributed by atoms with E-state index in [0.29, 0.717) is 36.8 Å². The average Bonchev–Trinajstić information content (AvgIpc) is 3.35. The van der Waals surface area contributed by atoms with Gasteiger partial charge in [0.1, 0.15) is 0 Å². The van der Waals surface area contributed by atoms with Gasteiger partial charge in [-0.15, -0.1) is 0 Å². The van der Waals surface area contributed by atoms with Gasteiger partial charge in [0, 0.05) is 50.6 Å². The van der Waals surface area contributed by atoms with Gasteiger partial charge in [-0.25, -0.2) is 5.21 Å². The molecule has 3 atom stereocenters. The normalized spacial score (nSPS) is 20.4. The number of β-amino-alcohol motifs (C(OH)–C–C–N with tert-alkyl or cyclic N) is 1. The fourth-order valence-corrected chi connectivity index (χ4v) is 3.72. The maximum atomic E-state index is 11.2. The van der Waals surface area contributed by atoms with Crippen LogP contribution < -0.4 is 10.1 Å². The summed E-state index contributed by atoms with van der Waals surface area (Å²) in [6.45, 7) is 1.17. The van der Waals surface area contributed by atoms with E-state index in [4.69, 9.17) is 4.52 Å². The van der Waals surface area contributed by atoms with Gasteiger partial charge in [-0.1, -0.05) is 29.4 Å². The Morgan fingerprint density at radius 3 is 2.70 bits per heavy atom. The second-order valence-corrected chi connectivity index (χ2v) is 7.74. The summed E-state index contributed by atoms with van der Waals surface area (Å²) in [6, 6.07) is 14.5. The molecule has 2 aromatic carbocycles.